The van der Waals surface area contributed by atoms with E-state index in [4.69, 9.17) is 0 Å². The van der Waals surface area contributed by atoms with Crippen LogP contribution < -0.4 is 10.9 Å². The molecule has 49 heavy (non-hydrogen) atoms. The molecule has 1 aliphatic heterocycles. The van der Waals surface area contributed by atoms with Crippen LogP contribution in [0.2, 0.25) is 0 Å². The summed E-state index contributed by atoms with van der Waals surface area (Å²) in [6.07, 6.45) is -1.61. The number of hydrogen-bond donors (Lipinski definition) is 0. The fourth-order valence-corrected chi connectivity index (χ4v) is 7.90. The van der Waals surface area contributed by atoms with Gasteiger partial charge in [0.1, 0.15) is 6.61 Å². The van der Waals surface area contributed by atoms with Crippen LogP contribution in [-0.4, -0.2) is 20.1 Å². The van der Waals surface area contributed by atoms with Crippen molar-refractivity contribution < 1.29 is 4.28 Å². The summed E-state index contributed by atoms with van der Waals surface area (Å²) in [5.74, 6) is 0. The molecule has 7 aromatic rings. The Balaban J connectivity index is 1.36. The lowest BCUT2D eigenvalue weighted by Crippen LogP contribution is -2.64. The predicted octanol–water partition coefficient (Wildman–Crippen LogP) is 10.4. The van der Waals surface area contributed by atoms with E-state index in [0.717, 1.165) is 6.61 Å². The summed E-state index contributed by atoms with van der Waals surface area (Å²) in [5.41, 5.74) is 16.4. The SMILES string of the molecule is Cc1ccc(C2=C(c3ccc(-c4ccccc4)cc3)[B-](c3ccc(-c4ccccc4)cc3)(c3ccc(-c4ccccc4)cc3)[O+](C)C2)cc1. The van der Waals surface area contributed by atoms with Crippen molar-refractivity contribution in [2.75, 3.05) is 13.7 Å². The lowest BCUT2D eigenvalue weighted by Gasteiger charge is -2.43. The first-order valence-corrected chi connectivity index (χ1v) is 17.2. The third-order valence-electron chi connectivity index (χ3n) is 10.4. The first-order chi connectivity index (χ1) is 24.1. The maximum atomic E-state index is 3.73. The molecule has 7 aromatic carbocycles. The second kappa shape index (κ2) is 13.1. The summed E-state index contributed by atoms with van der Waals surface area (Å²) in [5, 5.41) is 0. The molecule has 0 bridgehead atoms. The fourth-order valence-electron chi connectivity index (χ4n) is 7.90. The Bertz CT molecular complexity index is 2120. The van der Waals surface area contributed by atoms with Gasteiger partial charge in [0.15, 0.2) is 0 Å². The normalized spacial score (nSPS) is 14.2. The fraction of sp³-hybridized carbons (Fsp3) is 0.0638. The maximum Gasteiger partial charge on any atom is 0.378 e. The highest BCUT2D eigenvalue weighted by Crippen LogP contribution is 2.44. The monoisotopic (exact) mass is 630 g/mol. The van der Waals surface area contributed by atoms with Crippen LogP contribution in [0, 0.1) is 6.92 Å². The van der Waals surface area contributed by atoms with Crippen LogP contribution in [0.25, 0.3) is 44.4 Å². The van der Waals surface area contributed by atoms with Crippen LogP contribution >= 0.6 is 0 Å². The number of hydrogen-bond acceptors (Lipinski definition) is 0. The molecule has 0 unspecified atom stereocenters. The first kappa shape index (κ1) is 30.6. The van der Waals surface area contributed by atoms with Crippen LogP contribution in [0.1, 0.15) is 16.7 Å². The molecule has 2 heteroatoms. The van der Waals surface area contributed by atoms with Gasteiger partial charge in [-0.1, -0.05) is 205 Å². The van der Waals surface area contributed by atoms with Gasteiger partial charge in [-0.05, 0) is 45.9 Å². The third kappa shape index (κ3) is 5.65. The lowest BCUT2D eigenvalue weighted by molar-refractivity contribution is 0.0930. The summed E-state index contributed by atoms with van der Waals surface area (Å²) in [6, 6.07) is 68.9. The molecule has 1 heterocycles. The second-order valence-electron chi connectivity index (χ2n) is 13.3. The molecule has 0 radical (unpaired) electrons. The van der Waals surface area contributed by atoms with Crippen molar-refractivity contribution in [1.29, 1.82) is 0 Å². The van der Waals surface area contributed by atoms with Crippen molar-refractivity contribution in [2.24, 2.45) is 0 Å². The highest BCUT2D eigenvalue weighted by atomic mass is 16.6. The average Bonchev–Trinajstić information content (AvgIpc) is 3.49. The van der Waals surface area contributed by atoms with E-state index in [-0.39, 0.29) is 0 Å². The van der Waals surface area contributed by atoms with E-state index < -0.39 is 6.35 Å². The van der Waals surface area contributed by atoms with Crippen molar-refractivity contribution in [1.82, 2.24) is 0 Å². The van der Waals surface area contributed by atoms with E-state index in [2.05, 4.69) is 206 Å². The zero-order valence-electron chi connectivity index (χ0n) is 28.1. The van der Waals surface area contributed by atoms with Gasteiger partial charge in [0, 0.05) is 5.57 Å². The molecule has 0 aromatic heterocycles. The molecule has 8 rings (SSSR count). The molecule has 0 saturated carbocycles. The Morgan fingerprint density at radius 3 is 1.10 bits per heavy atom. The van der Waals surface area contributed by atoms with Crippen molar-refractivity contribution in [2.45, 2.75) is 6.92 Å². The molecule has 236 valence electrons. The Morgan fingerprint density at radius 1 is 0.367 bits per heavy atom. The van der Waals surface area contributed by atoms with Gasteiger partial charge in [0.2, 0.25) is 0 Å². The van der Waals surface area contributed by atoms with Gasteiger partial charge >= 0.3 is 6.35 Å². The molecular formula is C47H39BO. The van der Waals surface area contributed by atoms with Gasteiger partial charge in [0.05, 0.1) is 7.11 Å². The third-order valence-corrected chi connectivity index (χ3v) is 10.4. The number of rotatable bonds is 7. The Kier molecular flexibility index (Phi) is 8.17. The van der Waals surface area contributed by atoms with Crippen LogP contribution in [0.3, 0.4) is 0 Å². The van der Waals surface area contributed by atoms with Crippen LogP contribution in [-0.2, 0) is 4.28 Å². The van der Waals surface area contributed by atoms with Gasteiger partial charge in [-0.3, -0.25) is 0 Å². The zero-order valence-corrected chi connectivity index (χ0v) is 28.1. The van der Waals surface area contributed by atoms with E-state index in [0.29, 0.717) is 0 Å². The highest BCUT2D eigenvalue weighted by Gasteiger charge is 2.51. The molecule has 0 fully saturated rings. The van der Waals surface area contributed by atoms with E-state index >= 15 is 0 Å². The van der Waals surface area contributed by atoms with Crippen molar-refractivity contribution in [3.63, 3.8) is 0 Å². The Morgan fingerprint density at radius 2 is 0.694 bits per heavy atom. The summed E-state index contributed by atoms with van der Waals surface area (Å²) in [6.45, 7) is 2.92. The van der Waals surface area contributed by atoms with Gasteiger partial charge in [-0.25, -0.2) is 0 Å². The van der Waals surface area contributed by atoms with Crippen molar-refractivity contribution in [3.8, 4) is 33.4 Å². The lowest BCUT2D eigenvalue weighted by atomic mass is 9.27. The molecule has 0 N–H and O–H groups in total. The van der Waals surface area contributed by atoms with Gasteiger partial charge < -0.3 is 4.28 Å². The Hall–Kier alpha value is -5.70. The van der Waals surface area contributed by atoms with Gasteiger partial charge in [-0.2, -0.15) is 0 Å². The standard InChI is InChI=1S/C47H39BO/c1-35-18-20-42(21-19-35)46-34-49(2)48(44-30-26-40(27-31-44)37-14-8-4-9-15-37,45-32-28-41(29-33-45)38-16-10-5-11-17-38)47(46)43-24-22-39(23-25-43)36-12-6-3-7-13-36/h3-33H,34H2,1-2H3. The minimum absolute atomic E-state index is 0.764. The van der Waals surface area contributed by atoms with E-state index in [1.165, 1.54) is 72.0 Å². The maximum absolute atomic E-state index is 3.73. The quantitative estimate of drug-likeness (QED) is 0.122. The molecular weight excluding hydrogens is 591 g/mol. The summed E-state index contributed by atoms with van der Waals surface area (Å²) >= 11 is 0. The Labute approximate surface area is 290 Å². The minimum atomic E-state index is -1.61. The van der Waals surface area contributed by atoms with Gasteiger partial charge in [0.25, 0.3) is 0 Å². The van der Waals surface area contributed by atoms with E-state index in [9.17, 15) is 0 Å². The molecule has 0 spiro atoms. The molecule has 0 amide bonds. The zero-order chi connectivity index (χ0) is 33.2. The summed E-state index contributed by atoms with van der Waals surface area (Å²) < 4.78 is 3.73. The van der Waals surface area contributed by atoms with Crippen LogP contribution in [0.15, 0.2) is 188 Å². The van der Waals surface area contributed by atoms with Gasteiger partial charge in [-0.15, -0.1) is 10.9 Å². The minimum Gasteiger partial charge on any atom is -0.659 e. The summed E-state index contributed by atoms with van der Waals surface area (Å²) in [7, 11) is 2.23. The van der Waals surface area contributed by atoms with E-state index in [1.54, 1.807) is 0 Å². The largest absolute Gasteiger partial charge is 0.659 e. The number of aryl methyl sites for hydroxylation is 1. The topological polar surface area (TPSA) is 2.70 Å². The predicted molar refractivity (Wildman–Crippen MR) is 211 cm³/mol. The first-order valence-electron chi connectivity index (χ1n) is 17.2. The molecule has 1 aliphatic rings. The van der Waals surface area contributed by atoms with Crippen LogP contribution in [0.5, 0.6) is 0 Å². The van der Waals surface area contributed by atoms with E-state index in [1.807, 2.05) is 0 Å². The van der Waals surface area contributed by atoms with Crippen molar-refractivity contribution in [3.05, 3.63) is 205 Å². The summed E-state index contributed by atoms with van der Waals surface area (Å²) in [4.78, 5) is 0. The molecule has 0 aliphatic carbocycles. The molecule has 1 nitrogen and oxygen atoms in total. The smallest absolute Gasteiger partial charge is 0.378 e. The number of benzene rings is 7. The molecule has 0 saturated heterocycles. The highest BCUT2D eigenvalue weighted by molar-refractivity contribution is 7.13. The van der Waals surface area contributed by atoms with Crippen molar-refractivity contribution >= 4 is 28.3 Å². The second-order valence-corrected chi connectivity index (χ2v) is 13.3. The average molecular weight is 631 g/mol. The van der Waals surface area contributed by atoms with Crippen LogP contribution in [0.4, 0.5) is 0 Å². The molecule has 0 atom stereocenters.